The van der Waals surface area contributed by atoms with Crippen LogP contribution in [-0.2, 0) is 11.3 Å². The van der Waals surface area contributed by atoms with E-state index in [1.54, 1.807) is 4.90 Å². The summed E-state index contributed by atoms with van der Waals surface area (Å²) in [5.74, 6) is 0.776. The number of hydrogen-bond donors (Lipinski definition) is 1. The van der Waals surface area contributed by atoms with E-state index in [1.807, 2.05) is 25.2 Å². The minimum Gasteiger partial charge on any atom is -0.484 e. The first-order valence-electron chi connectivity index (χ1n) is 7.37. The van der Waals surface area contributed by atoms with Crippen molar-refractivity contribution in [3.8, 4) is 5.75 Å². The summed E-state index contributed by atoms with van der Waals surface area (Å²) in [5.41, 5.74) is 1.13. The van der Waals surface area contributed by atoms with E-state index in [-0.39, 0.29) is 12.5 Å². The molecule has 4 nitrogen and oxygen atoms in total. The van der Waals surface area contributed by atoms with Gasteiger partial charge in [-0.1, -0.05) is 29.8 Å². The van der Waals surface area contributed by atoms with Gasteiger partial charge in [-0.2, -0.15) is 0 Å². The molecule has 0 aromatic heterocycles. The fraction of sp³-hybridized carbons (Fsp3) is 0.562. The monoisotopic (exact) mass is 354 g/mol. The number of carbonyl (C=O) groups is 1. The molecule has 0 radical (unpaired) electrons. The lowest BCUT2D eigenvalue weighted by atomic mass is 10.2. The zero-order valence-corrected chi connectivity index (χ0v) is 14.4. The molecule has 0 heterocycles. The molecule has 0 bridgehead atoms. The highest BCUT2D eigenvalue weighted by Gasteiger charge is 2.29. The molecule has 0 spiro atoms. The first-order valence-corrected chi connectivity index (χ1v) is 8.17. The van der Waals surface area contributed by atoms with Crippen LogP contribution < -0.4 is 10.1 Å². The lowest BCUT2D eigenvalue weighted by Crippen LogP contribution is -2.33. The number of amides is 1. The van der Waals surface area contributed by atoms with E-state index in [4.69, 9.17) is 4.74 Å². The Morgan fingerprint density at radius 2 is 2.19 bits per heavy atom. The Bertz CT molecular complexity index is 501. The van der Waals surface area contributed by atoms with Gasteiger partial charge in [-0.15, -0.1) is 0 Å². The molecule has 1 saturated carbocycles. The molecule has 5 heteroatoms. The molecular formula is C16H23BrN2O2. The summed E-state index contributed by atoms with van der Waals surface area (Å²) >= 11 is 3.54. The Kier molecular flexibility index (Phi) is 5.65. The van der Waals surface area contributed by atoms with Crippen LogP contribution in [0.2, 0.25) is 0 Å². The van der Waals surface area contributed by atoms with Gasteiger partial charge in [0.05, 0.1) is 0 Å². The molecular weight excluding hydrogens is 332 g/mol. The van der Waals surface area contributed by atoms with Crippen LogP contribution in [0.1, 0.15) is 32.3 Å². The minimum atomic E-state index is 0.0438. The van der Waals surface area contributed by atoms with Crippen molar-refractivity contribution < 1.29 is 9.53 Å². The van der Waals surface area contributed by atoms with Gasteiger partial charge in [0.15, 0.2) is 6.61 Å². The third-order valence-corrected chi connectivity index (χ3v) is 4.34. The molecule has 1 amide bonds. The fourth-order valence-corrected chi connectivity index (χ4v) is 2.39. The van der Waals surface area contributed by atoms with Gasteiger partial charge in [-0.25, -0.2) is 0 Å². The van der Waals surface area contributed by atoms with Gasteiger partial charge in [0.1, 0.15) is 5.75 Å². The molecule has 0 aliphatic heterocycles. The Labute approximate surface area is 135 Å². The van der Waals surface area contributed by atoms with Gasteiger partial charge in [-0.3, -0.25) is 4.79 Å². The van der Waals surface area contributed by atoms with Crippen molar-refractivity contribution in [3.05, 3.63) is 28.2 Å². The van der Waals surface area contributed by atoms with E-state index in [2.05, 4.69) is 35.1 Å². The zero-order chi connectivity index (χ0) is 15.4. The van der Waals surface area contributed by atoms with E-state index in [1.165, 1.54) is 0 Å². The van der Waals surface area contributed by atoms with Gasteiger partial charge in [-0.05, 0) is 36.6 Å². The molecule has 1 N–H and O–H groups in total. The third kappa shape index (κ3) is 5.00. The summed E-state index contributed by atoms with van der Waals surface area (Å²) in [6.45, 7) is 5.10. The molecule has 0 saturated heterocycles. The predicted octanol–water partition coefficient (Wildman–Crippen LogP) is 2.95. The first-order chi connectivity index (χ1) is 9.97. The fourth-order valence-electron chi connectivity index (χ4n) is 2.00. The Hall–Kier alpha value is -1.07. The largest absolute Gasteiger partial charge is 0.484 e. The predicted molar refractivity (Wildman–Crippen MR) is 87.4 cm³/mol. The van der Waals surface area contributed by atoms with E-state index in [9.17, 15) is 4.79 Å². The molecule has 1 aromatic rings. The number of carbonyl (C=O) groups excluding carboxylic acids is 1. The summed E-state index contributed by atoms with van der Waals surface area (Å²) in [6, 6.07) is 6.67. The maximum absolute atomic E-state index is 11.9. The van der Waals surface area contributed by atoms with Crippen molar-refractivity contribution >= 4 is 21.8 Å². The minimum absolute atomic E-state index is 0.0438. The summed E-state index contributed by atoms with van der Waals surface area (Å²) < 4.78 is 6.68. The molecule has 1 aliphatic rings. The van der Waals surface area contributed by atoms with E-state index in [0.717, 1.165) is 35.2 Å². The van der Waals surface area contributed by atoms with Crippen LogP contribution in [0.25, 0.3) is 0 Å². The van der Waals surface area contributed by atoms with Crippen LogP contribution in [0, 0.1) is 0 Å². The quantitative estimate of drug-likeness (QED) is 0.818. The molecule has 2 rings (SSSR count). The van der Waals surface area contributed by atoms with Crippen LogP contribution in [-0.4, -0.2) is 36.5 Å². The van der Waals surface area contributed by atoms with Crippen molar-refractivity contribution in [2.75, 3.05) is 13.7 Å². The summed E-state index contributed by atoms with van der Waals surface area (Å²) in [7, 11) is 1.85. The molecule has 0 atom stereocenters. The van der Waals surface area contributed by atoms with E-state index < -0.39 is 0 Å². The summed E-state index contributed by atoms with van der Waals surface area (Å²) in [5, 5.41) is 3.38. The average molecular weight is 355 g/mol. The first kappa shape index (κ1) is 16.3. The third-order valence-electron chi connectivity index (χ3n) is 3.57. The molecule has 1 aromatic carbocycles. The van der Waals surface area contributed by atoms with Crippen LogP contribution in [0.15, 0.2) is 22.7 Å². The highest BCUT2D eigenvalue weighted by atomic mass is 79.9. The average Bonchev–Trinajstić information content (AvgIpc) is 3.28. The molecule has 21 heavy (non-hydrogen) atoms. The highest BCUT2D eigenvalue weighted by Crippen LogP contribution is 2.26. The number of likely N-dealkylation sites (N-methyl/N-ethyl adjacent to an activating group) is 1. The van der Waals surface area contributed by atoms with Gasteiger partial charge in [0.25, 0.3) is 5.91 Å². The lowest BCUT2D eigenvalue weighted by molar-refractivity contribution is -0.132. The molecule has 1 aliphatic carbocycles. The van der Waals surface area contributed by atoms with Crippen molar-refractivity contribution in [1.29, 1.82) is 0 Å². The normalized spacial score (nSPS) is 14.3. The second-order valence-electron chi connectivity index (χ2n) is 5.81. The van der Waals surface area contributed by atoms with Crippen LogP contribution in [0.3, 0.4) is 0 Å². The van der Waals surface area contributed by atoms with Gasteiger partial charge >= 0.3 is 0 Å². The van der Waals surface area contributed by atoms with E-state index >= 15 is 0 Å². The Morgan fingerprint density at radius 3 is 2.81 bits per heavy atom. The SMILES string of the molecule is CC(C)NCc1cc(OCC(=O)N(C)C2CC2)ccc1Br. The van der Waals surface area contributed by atoms with Gasteiger partial charge in [0.2, 0.25) is 0 Å². The van der Waals surface area contributed by atoms with E-state index in [0.29, 0.717) is 12.1 Å². The molecule has 116 valence electrons. The second-order valence-corrected chi connectivity index (χ2v) is 6.67. The summed E-state index contributed by atoms with van der Waals surface area (Å²) in [6.07, 6.45) is 2.23. The highest BCUT2D eigenvalue weighted by molar-refractivity contribution is 9.10. The van der Waals surface area contributed by atoms with Crippen LogP contribution in [0.5, 0.6) is 5.75 Å². The lowest BCUT2D eigenvalue weighted by Gasteiger charge is -2.17. The number of nitrogens with one attached hydrogen (secondary N) is 1. The number of halogens is 1. The maximum Gasteiger partial charge on any atom is 0.260 e. The topological polar surface area (TPSA) is 41.6 Å². The van der Waals surface area contributed by atoms with Gasteiger partial charge in [0, 0.05) is 30.1 Å². The van der Waals surface area contributed by atoms with Gasteiger partial charge < -0.3 is 15.0 Å². The standard InChI is InChI=1S/C16H23BrN2O2/c1-11(2)18-9-12-8-14(6-7-15(12)17)21-10-16(20)19(3)13-4-5-13/h6-8,11,13,18H,4-5,9-10H2,1-3H3. The number of ether oxygens (including phenoxy) is 1. The second kappa shape index (κ2) is 7.27. The maximum atomic E-state index is 11.9. The number of hydrogen-bond acceptors (Lipinski definition) is 3. The van der Waals surface area contributed by atoms with Crippen LogP contribution >= 0.6 is 15.9 Å². The van der Waals surface area contributed by atoms with Crippen molar-refractivity contribution in [1.82, 2.24) is 10.2 Å². The Morgan fingerprint density at radius 1 is 1.48 bits per heavy atom. The van der Waals surface area contributed by atoms with Crippen molar-refractivity contribution in [3.63, 3.8) is 0 Å². The van der Waals surface area contributed by atoms with Crippen LogP contribution in [0.4, 0.5) is 0 Å². The number of nitrogens with zero attached hydrogens (tertiary/aromatic N) is 1. The smallest absolute Gasteiger partial charge is 0.260 e. The number of benzene rings is 1. The van der Waals surface area contributed by atoms with Crippen molar-refractivity contribution in [2.45, 2.75) is 45.3 Å². The molecule has 1 fully saturated rings. The zero-order valence-electron chi connectivity index (χ0n) is 12.9. The number of rotatable bonds is 7. The Balaban J connectivity index is 1.90. The van der Waals surface area contributed by atoms with Crippen molar-refractivity contribution in [2.24, 2.45) is 0 Å². The summed E-state index contributed by atoms with van der Waals surface area (Å²) in [4.78, 5) is 13.7. The molecule has 0 unspecified atom stereocenters.